The second-order valence-corrected chi connectivity index (χ2v) is 4.81. The summed E-state index contributed by atoms with van der Waals surface area (Å²) >= 11 is 0. The highest BCUT2D eigenvalue weighted by molar-refractivity contribution is 5.53. The molecule has 1 rings (SSSR count). The molecular formula is C12H18FNO. The van der Waals surface area contributed by atoms with E-state index in [1.54, 1.807) is 12.1 Å². The smallest absolute Gasteiger partial charge is 0.149 e. The normalized spacial score (nSPS) is 11.5. The third-order valence-corrected chi connectivity index (χ3v) is 2.12. The Labute approximate surface area is 90.2 Å². The number of nitrogen functional groups attached to an aromatic ring is 1. The van der Waals surface area contributed by atoms with E-state index in [0.29, 0.717) is 12.4 Å². The van der Waals surface area contributed by atoms with Crippen LogP contribution in [-0.4, -0.2) is 6.61 Å². The van der Waals surface area contributed by atoms with Crippen molar-refractivity contribution in [3.63, 3.8) is 0 Å². The van der Waals surface area contributed by atoms with Crippen LogP contribution in [0.15, 0.2) is 18.2 Å². The van der Waals surface area contributed by atoms with E-state index in [-0.39, 0.29) is 11.1 Å². The van der Waals surface area contributed by atoms with Crippen molar-refractivity contribution >= 4 is 5.69 Å². The molecule has 0 fully saturated rings. The number of rotatable bonds is 3. The quantitative estimate of drug-likeness (QED) is 0.779. The minimum Gasteiger partial charge on any atom is -0.491 e. The van der Waals surface area contributed by atoms with E-state index >= 15 is 0 Å². The Hall–Kier alpha value is -1.25. The molecule has 2 N–H and O–H groups in total. The van der Waals surface area contributed by atoms with E-state index < -0.39 is 5.82 Å². The predicted octanol–water partition coefficient (Wildman–Crippen LogP) is 3.22. The number of hydrogen-bond acceptors (Lipinski definition) is 2. The Kier molecular flexibility index (Phi) is 3.56. The van der Waals surface area contributed by atoms with Crippen molar-refractivity contribution in [3.8, 4) is 5.75 Å². The lowest BCUT2D eigenvalue weighted by molar-refractivity contribution is 0.243. The minimum atomic E-state index is -0.428. The SMILES string of the molecule is CC(C)(C)CCOc1cccc(F)c1N. The van der Waals surface area contributed by atoms with E-state index in [2.05, 4.69) is 20.8 Å². The van der Waals surface area contributed by atoms with Crippen molar-refractivity contribution in [2.45, 2.75) is 27.2 Å². The van der Waals surface area contributed by atoms with Gasteiger partial charge in [0, 0.05) is 0 Å². The van der Waals surface area contributed by atoms with Crippen molar-refractivity contribution < 1.29 is 9.13 Å². The molecule has 0 aliphatic carbocycles. The Morgan fingerprint density at radius 2 is 2.00 bits per heavy atom. The molecule has 0 aliphatic rings. The third-order valence-electron chi connectivity index (χ3n) is 2.12. The van der Waals surface area contributed by atoms with Gasteiger partial charge >= 0.3 is 0 Å². The van der Waals surface area contributed by atoms with E-state index in [1.165, 1.54) is 6.07 Å². The summed E-state index contributed by atoms with van der Waals surface area (Å²) in [4.78, 5) is 0. The first kappa shape index (κ1) is 11.8. The first-order valence-electron chi connectivity index (χ1n) is 5.07. The van der Waals surface area contributed by atoms with Crippen LogP contribution in [0, 0.1) is 11.2 Å². The highest BCUT2D eigenvalue weighted by Crippen LogP contribution is 2.25. The lowest BCUT2D eigenvalue weighted by Gasteiger charge is -2.18. The average Bonchev–Trinajstić information content (AvgIpc) is 2.10. The number of halogens is 1. The summed E-state index contributed by atoms with van der Waals surface area (Å²) in [6.45, 7) is 6.94. The summed E-state index contributed by atoms with van der Waals surface area (Å²) in [5.41, 5.74) is 5.83. The molecule has 3 heteroatoms. The maximum absolute atomic E-state index is 13.0. The fraction of sp³-hybridized carbons (Fsp3) is 0.500. The van der Waals surface area contributed by atoms with Crippen LogP contribution >= 0.6 is 0 Å². The molecule has 0 unspecified atom stereocenters. The molecule has 0 bridgehead atoms. The van der Waals surface area contributed by atoms with E-state index in [0.717, 1.165) is 6.42 Å². The molecule has 2 nitrogen and oxygen atoms in total. The molecule has 0 heterocycles. The van der Waals surface area contributed by atoms with Gasteiger partial charge in [-0.15, -0.1) is 0 Å². The first-order chi connectivity index (χ1) is 6.90. The summed E-state index contributed by atoms with van der Waals surface area (Å²) in [7, 11) is 0. The maximum Gasteiger partial charge on any atom is 0.149 e. The van der Waals surface area contributed by atoms with Gasteiger partial charge in [0.2, 0.25) is 0 Å². The van der Waals surface area contributed by atoms with Gasteiger partial charge in [0.15, 0.2) is 0 Å². The van der Waals surface area contributed by atoms with Gasteiger partial charge < -0.3 is 10.5 Å². The van der Waals surface area contributed by atoms with Crippen molar-refractivity contribution in [1.29, 1.82) is 0 Å². The van der Waals surface area contributed by atoms with Crippen LogP contribution in [0.4, 0.5) is 10.1 Å². The highest BCUT2D eigenvalue weighted by Gasteiger charge is 2.11. The summed E-state index contributed by atoms with van der Waals surface area (Å²) < 4.78 is 18.5. The fourth-order valence-electron chi connectivity index (χ4n) is 1.11. The van der Waals surface area contributed by atoms with Gasteiger partial charge in [0.25, 0.3) is 0 Å². The fourth-order valence-corrected chi connectivity index (χ4v) is 1.11. The van der Waals surface area contributed by atoms with Gasteiger partial charge in [0.1, 0.15) is 17.3 Å². The summed E-state index contributed by atoms with van der Waals surface area (Å²) in [5.74, 6) is 0.00232. The molecule has 0 amide bonds. The first-order valence-corrected chi connectivity index (χ1v) is 5.07. The van der Waals surface area contributed by atoms with Crippen molar-refractivity contribution in [1.82, 2.24) is 0 Å². The predicted molar refractivity (Wildman–Crippen MR) is 60.4 cm³/mol. The van der Waals surface area contributed by atoms with Crippen molar-refractivity contribution in [2.24, 2.45) is 5.41 Å². The standard InChI is InChI=1S/C12H18FNO/c1-12(2,3)7-8-15-10-6-4-5-9(13)11(10)14/h4-6H,7-8,14H2,1-3H3. The molecule has 0 radical (unpaired) electrons. The zero-order valence-corrected chi connectivity index (χ0v) is 9.51. The molecule has 15 heavy (non-hydrogen) atoms. The molecule has 0 spiro atoms. The Morgan fingerprint density at radius 1 is 1.33 bits per heavy atom. The second kappa shape index (κ2) is 4.51. The molecule has 0 aromatic heterocycles. The van der Waals surface area contributed by atoms with Gasteiger partial charge in [0.05, 0.1) is 6.61 Å². The number of nitrogens with two attached hydrogens (primary N) is 1. The van der Waals surface area contributed by atoms with Crippen molar-refractivity contribution in [2.75, 3.05) is 12.3 Å². The molecule has 1 aromatic carbocycles. The molecule has 0 aliphatic heterocycles. The van der Waals surface area contributed by atoms with Crippen LogP contribution in [-0.2, 0) is 0 Å². The summed E-state index contributed by atoms with van der Waals surface area (Å²) in [5, 5.41) is 0. The monoisotopic (exact) mass is 211 g/mol. The Bertz CT molecular complexity index is 331. The number of ether oxygens (including phenoxy) is 1. The highest BCUT2D eigenvalue weighted by atomic mass is 19.1. The van der Waals surface area contributed by atoms with Crippen LogP contribution in [0.25, 0.3) is 0 Å². The largest absolute Gasteiger partial charge is 0.491 e. The maximum atomic E-state index is 13.0. The second-order valence-electron chi connectivity index (χ2n) is 4.81. The molecule has 84 valence electrons. The molecule has 1 aromatic rings. The topological polar surface area (TPSA) is 35.2 Å². The van der Waals surface area contributed by atoms with Gasteiger partial charge in [-0.05, 0) is 24.0 Å². The van der Waals surface area contributed by atoms with Crippen LogP contribution < -0.4 is 10.5 Å². The van der Waals surface area contributed by atoms with E-state index in [1.807, 2.05) is 0 Å². The minimum absolute atomic E-state index is 0.0893. The van der Waals surface area contributed by atoms with E-state index in [9.17, 15) is 4.39 Å². The van der Waals surface area contributed by atoms with Gasteiger partial charge in [-0.1, -0.05) is 26.8 Å². The Morgan fingerprint density at radius 3 is 2.60 bits per heavy atom. The average molecular weight is 211 g/mol. The molecule has 0 atom stereocenters. The number of para-hydroxylation sites is 1. The zero-order chi connectivity index (χ0) is 11.5. The van der Waals surface area contributed by atoms with E-state index in [4.69, 9.17) is 10.5 Å². The zero-order valence-electron chi connectivity index (χ0n) is 9.51. The summed E-state index contributed by atoms with van der Waals surface area (Å²) in [6.07, 6.45) is 0.906. The van der Waals surface area contributed by atoms with Crippen LogP contribution in [0.3, 0.4) is 0 Å². The van der Waals surface area contributed by atoms with Crippen molar-refractivity contribution in [3.05, 3.63) is 24.0 Å². The molecule has 0 saturated carbocycles. The molecule has 0 saturated heterocycles. The number of hydrogen-bond donors (Lipinski definition) is 1. The van der Waals surface area contributed by atoms with Crippen LogP contribution in [0.1, 0.15) is 27.2 Å². The lowest BCUT2D eigenvalue weighted by Crippen LogP contribution is -2.11. The van der Waals surface area contributed by atoms with Crippen LogP contribution in [0.2, 0.25) is 0 Å². The Balaban J connectivity index is 2.55. The lowest BCUT2D eigenvalue weighted by atomic mass is 9.93. The molecular weight excluding hydrogens is 193 g/mol. The number of anilines is 1. The summed E-state index contributed by atoms with van der Waals surface area (Å²) in [6, 6.07) is 4.60. The van der Waals surface area contributed by atoms with Gasteiger partial charge in [-0.3, -0.25) is 0 Å². The van der Waals surface area contributed by atoms with Gasteiger partial charge in [-0.2, -0.15) is 0 Å². The van der Waals surface area contributed by atoms with Crippen LogP contribution in [0.5, 0.6) is 5.75 Å². The number of benzene rings is 1. The third kappa shape index (κ3) is 3.78. The van der Waals surface area contributed by atoms with Gasteiger partial charge in [-0.25, -0.2) is 4.39 Å².